The first-order valence-corrected chi connectivity index (χ1v) is 7.17. The van der Waals surface area contributed by atoms with Crippen LogP contribution >= 0.6 is 0 Å². The molecule has 1 unspecified atom stereocenters. The minimum Gasteiger partial charge on any atom is -0.387 e. The third-order valence-electron chi connectivity index (χ3n) is 3.47. The number of pyridine rings is 1. The second-order valence-corrected chi connectivity index (χ2v) is 5.14. The lowest BCUT2D eigenvalue weighted by molar-refractivity contribution is 0.108. The van der Waals surface area contributed by atoms with Crippen LogP contribution in [0.3, 0.4) is 0 Å². The zero-order chi connectivity index (χ0) is 15.2. The average Bonchev–Trinajstić information content (AvgIpc) is 2.47. The van der Waals surface area contributed by atoms with E-state index < -0.39 is 6.10 Å². The van der Waals surface area contributed by atoms with Crippen LogP contribution in [0, 0.1) is 12.7 Å². The summed E-state index contributed by atoms with van der Waals surface area (Å²) >= 11 is 0. The number of aryl methyl sites for hydroxylation is 1. The SMILES string of the molecule is CCN(Cc1cccc(C)n1)CC(O)c1ccccc1F. The molecule has 2 aromatic rings. The summed E-state index contributed by atoms with van der Waals surface area (Å²) in [5, 5.41) is 10.2. The Labute approximate surface area is 125 Å². The van der Waals surface area contributed by atoms with E-state index in [1.54, 1.807) is 18.2 Å². The number of benzene rings is 1. The highest BCUT2D eigenvalue weighted by Gasteiger charge is 2.16. The van der Waals surface area contributed by atoms with Gasteiger partial charge in [0.1, 0.15) is 5.82 Å². The van der Waals surface area contributed by atoms with Gasteiger partial charge in [-0.1, -0.05) is 31.2 Å². The molecule has 1 aromatic carbocycles. The summed E-state index contributed by atoms with van der Waals surface area (Å²) in [7, 11) is 0. The van der Waals surface area contributed by atoms with Gasteiger partial charge in [0.05, 0.1) is 11.8 Å². The Hall–Kier alpha value is -1.78. The number of hydrogen-bond acceptors (Lipinski definition) is 3. The largest absolute Gasteiger partial charge is 0.387 e. The molecular formula is C17H21FN2O. The zero-order valence-corrected chi connectivity index (χ0v) is 12.5. The number of rotatable bonds is 6. The number of likely N-dealkylation sites (N-methyl/N-ethyl adjacent to an activating group) is 1. The highest BCUT2D eigenvalue weighted by atomic mass is 19.1. The standard InChI is InChI=1S/C17H21FN2O/c1-3-20(11-14-8-6-7-13(2)19-14)12-17(21)15-9-4-5-10-16(15)18/h4-10,17,21H,3,11-12H2,1-2H3. The third kappa shape index (κ3) is 4.34. The lowest BCUT2D eigenvalue weighted by Crippen LogP contribution is -2.29. The van der Waals surface area contributed by atoms with Crippen molar-refractivity contribution in [2.75, 3.05) is 13.1 Å². The molecule has 4 heteroatoms. The Morgan fingerprint density at radius 2 is 1.95 bits per heavy atom. The van der Waals surface area contributed by atoms with Crippen molar-refractivity contribution in [1.82, 2.24) is 9.88 Å². The molecule has 0 saturated carbocycles. The Balaban J connectivity index is 2.04. The Morgan fingerprint density at radius 3 is 2.62 bits per heavy atom. The normalized spacial score (nSPS) is 12.6. The van der Waals surface area contributed by atoms with E-state index in [0.29, 0.717) is 18.7 Å². The van der Waals surface area contributed by atoms with Crippen LogP contribution in [0.1, 0.15) is 30.0 Å². The molecule has 0 aliphatic rings. The summed E-state index contributed by atoms with van der Waals surface area (Å²) < 4.78 is 13.7. The number of aromatic nitrogens is 1. The molecule has 1 N–H and O–H groups in total. The predicted molar refractivity (Wildman–Crippen MR) is 81.3 cm³/mol. The van der Waals surface area contributed by atoms with E-state index in [-0.39, 0.29) is 5.82 Å². The van der Waals surface area contributed by atoms with Crippen LogP contribution in [0.25, 0.3) is 0 Å². The first-order chi connectivity index (χ1) is 10.1. The first-order valence-electron chi connectivity index (χ1n) is 7.17. The van der Waals surface area contributed by atoms with Crippen molar-refractivity contribution >= 4 is 0 Å². The van der Waals surface area contributed by atoms with Crippen LogP contribution in [0.4, 0.5) is 4.39 Å². The minimum absolute atomic E-state index is 0.341. The van der Waals surface area contributed by atoms with Crippen molar-refractivity contribution in [2.24, 2.45) is 0 Å². The van der Waals surface area contributed by atoms with Gasteiger partial charge in [-0.15, -0.1) is 0 Å². The number of hydrogen-bond donors (Lipinski definition) is 1. The summed E-state index contributed by atoms with van der Waals surface area (Å²) in [5.74, 6) is -0.366. The molecule has 2 rings (SSSR count). The maximum absolute atomic E-state index is 13.7. The molecule has 0 aliphatic heterocycles. The number of halogens is 1. The van der Waals surface area contributed by atoms with E-state index in [1.165, 1.54) is 6.07 Å². The quantitative estimate of drug-likeness (QED) is 0.887. The minimum atomic E-state index is -0.837. The second-order valence-electron chi connectivity index (χ2n) is 5.14. The second kappa shape index (κ2) is 7.29. The molecule has 21 heavy (non-hydrogen) atoms. The van der Waals surface area contributed by atoms with Gasteiger partial charge in [-0.2, -0.15) is 0 Å². The summed E-state index contributed by atoms with van der Waals surface area (Å²) in [6.45, 7) is 5.76. The summed E-state index contributed by atoms with van der Waals surface area (Å²) in [6, 6.07) is 12.2. The van der Waals surface area contributed by atoms with Crippen molar-refractivity contribution in [2.45, 2.75) is 26.5 Å². The lowest BCUT2D eigenvalue weighted by atomic mass is 10.1. The fourth-order valence-electron chi connectivity index (χ4n) is 2.31. The first kappa shape index (κ1) is 15.6. The summed E-state index contributed by atoms with van der Waals surface area (Å²) in [4.78, 5) is 6.52. The number of aliphatic hydroxyl groups excluding tert-OH is 1. The maximum Gasteiger partial charge on any atom is 0.129 e. The van der Waals surface area contributed by atoms with Crippen LogP contribution in [-0.4, -0.2) is 28.1 Å². The van der Waals surface area contributed by atoms with Crippen molar-refractivity contribution < 1.29 is 9.50 Å². The monoisotopic (exact) mass is 288 g/mol. The van der Waals surface area contributed by atoms with Crippen molar-refractivity contribution in [3.8, 4) is 0 Å². The van der Waals surface area contributed by atoms with Gasteiger partial charge in [0, 0.05) is 24.3 Å². The van der Waals surface area contributed by atoms with Gasteiger partial charge >= 0.3 is 0 Å². The molecule has 0 bridgehead atoms. The fraction of sp³-hybridized carbons (Fsp3) is 0.353. The Bertz CT molecular complexity index is 589. The van der Waals surface area contributed by atoms with Crippen LogP contribution in [0.15, 0.2) is 42.5 Å². The zero-order valence-electron chi connectivity index (χ0n) is 12.5. The van der Waals surface area contributed by atoms with Crippen LogP contribution in [-0.2, 0) is 6.54 Å². The average molecular weight is 288 g/mol. The molecule has 3 nitrogen and oxygen atoms in total. The molecule has 0 aliphatic carbocycles. The smallest absolute Gasteiger partial charge is 0.129 e. The molecule has 1 aromatic heterocycles. The maximum atomic E-state index is 13.7. The van der Waals surface area contributed by atoms with Gasteiger partial charge in [0.2, 0.25) is 0 Å². The third-order valence-corrected chi connectivity index (χ3v) is 3.47. The van der Waals surface area contributed by atoms with Gasteiger partial charge in [0.25, 0.3) is 0 Å². The molecule has 0 fully saturated rings. The lowest BCUT2D eigenvalue weighted by Gasteiger charge is -2.23. The highest BCUT2D eigenvalue weighted by molar-refractivity contribution is 5.20. The molecule has 1 heterocycles. The van der Waals surface area contributed by atoms with E-state index in [2.05, 4.69) is 9.88 Å². The van der Waals surface area contributed by atoms with Gasteiger partial charge in [-0.3, -0.25) is 9.88 Å². The Morgan fingerprint density at radius 1 is 1.19 bits per heavy atom. The Kier molecular flexibility index (Phi) is 5.42. The number of aliphatic hydroxyl groups is 1. The number of nitrogens with zero attached hydrogens (tertiary/aromatic N) is 2. The fourth-order valence-corrected chi connectivity index (χ4v) is 2.31. The van der Waals surface area contributed by atoms with Crippen LogP contribution in [0.2, 0.25) is 0 Å². The topological polar surface area (TPSA) is 36.4 Å². The van der Waals surface area contributed by atoms with Gasteiger partial charge in [-0.25, -0.2) is 4.39 Å². The van der Waals surface area contributed by atoms with Crippen LogP contribution in [0.5, 0.6) is 0 Å². The van der Waals surface area contributed by atoms with Crippen molar-refractivity contribution in [1.29, 1.82) is 0 Å². The van der Waals surface area contributed by atoms with Crippen molar-refractivity contribution in [3.63, 3.8) is 0 Å². The molecule has 0 spiro atoms. The van der Waals surface area contributed by atoms with Crippen molar-refractivity contribution in [3.05, 3.63) is 65.2 Å². The molecule has 0 radical (unpaired) electrons. The highest BCUT2D eigenvalue weighted by Crippen LogP contribution is 2.18. The van der Waals surface area contributed by atoms with E-state index in [4.69, 9.17) is 0 Å². The van der Waals surface area contributed by atoms with Crippen LogP contribution < -0.4 is 0 Å². The van der Waals surface area contributed by atoms with E-state index in [9.17, 15) is 9.50 Å². The van der Waals surface area contributed by atoms with E-state index >= 15 is 0 Å². The van der Waals surface area contributed by atoms with E-state index in [0.717, 1.165) is 17.9 Å². The van der Waals surface area contributed by atoms with E-state index in [1.807, 2.05) is 32.0 Å². The molecular weight excluding hydrogens is 267 g/mol. The van der Waals surface area contributed by atoms with Gasteiger partial charge in [-0.05, 0) is 31.7 Å². The van der Waals surface area contributed by atoms with Gasteiger partial charge < -0.3 is 5.11 Å². The summed E-state index contributed by atoms with van der Waals surface area (Å²) in [6.07, 6.45) is -0.837. The molecule has 112 valence electrons. The molecule has 0 amide bonds. The molecule has 1 atom stereocenters. The van der Waals surface area contributed by atoms with Gasteiger partial charge in [0.15, 0.2) is 0 Å². The summed E-state index contributed by atoms with van der Waals surface area (Å²) in [5.41, 5.74) is 2.27. The predicted octanol–water partition coefficient (Wildman–Crippen LogP) is 3.08. The molecule has 0 saturated heterocycles.